The normalized spacial score (nSPS) is 27.4. The zero-order valence-electron chi connectivity index (χ0n) is 25.8. The molecule has 2 aromatic heterocycles. The number of hydrogen-bond acceptors (Lipinski definition) is 9. The number of nitrogens with zero attached hydrogens (tertiary/aromatic N) is 3. The van der Waals surface area contributed by atoms with Crippen LogP contribution < -0.4 is 16.0 Å². The number of rotatable bonds is 10. The Morgan fingerprint density at radius 2 is 1.73 bits per heavy atom. The van der Waals surface area contributed by atoms with Crippen molar-refractivity contribution in [3.63, 3.8) is 0 Å². The SMILES string of the molecule is CC(C)(C)c1cnc(CSc2cnc(NC(=O)C3CCN(S(=O)(=O)CCNC(=O)NC45CC6CC(CC(C6)C4)C5)CC3)s2)o1. The third-order valence-electron chi connectivity index (χ3n) is 9.63. The zero-order chi connectivity index (χ0) is 31.1. The average Bonchev–Trinajstić information content (AvgIpc) is 3.60. The van der Waals surface area contributed by atoms with Gasteiger partial charge in [0.1, 0.15) is 5.76 Å². The number of sulfonamides is 1. The summed E-state index contributed by atoms with van der Waals surface area (Å²) in [5.41, 5.74) is -0.201. The van der Waals surface area contributed by atoms with Crippen LogP contribution in [0.5, 0.6) is 0 Å². The van der Waals surface area contributed by atoms with Gasteiger partial charge in [0.2, 0.25) is 21.8 Å². The Hall–Kier alpha value is -2.16. The Balaban J connectivity index is 0.901. The minimum atomic E-state index is -3.54. The van der Waals surface area contributed by atoms with Gasteiger partial charge in [0.25, 0.3) is 0 Å². The van der Waals surface area contributed by atoms with Crippen molar-refractivity contribution < 1.29 is 22.4 Å². The summed E-state index contributed by atoms with van der Waals surface area (Å²) in [7, 11) is -3.54. The lowest BCUT2D eigenvalue weighted by atomic mass is 9.53. The number of anilines is 1. The summed E-state index contributed by atoms with van der Waals surface area (Å²) in [6, 6.07) is -0.256. The molecule has 3 heterocycles. The van der Waals surface area contributed by atoms with E-state index < -0.39 is 10.0 Å². The predicted octanol–water partition coefficient (Wildman–Crippen LogP) is 4.97. The summed E-state index contributed by atoms with van der Waals surface area (Å²) < 4.78 is 34.2. The summed E-state index contributed by atoms with van der Waals surface area (Å²) in [5.74, 6) is 3.66. The van der Waals surface area contributed by atoms with Crippen molar-refractivity contribution in [1.82, 2.24) is 24.9 Å². The van der Waals surface area contributed by atoms with Gasteiger partial charge in [-0.2, -0.15) is 0 Å². The van der Waals surface area contributed by atoms with Crippen molar-refractivity contribution in [3.8, 4) is 0 Å². The molecule has 11 nitrogen and oxygen atoms in total. The van der Waals surface area contributed by atoms with E-state index in [1.54, 1.807) is 24.2 Å². The maximum absolute atomic E-state index is 13.0. The van der Waals surface area contributed by atoms with Crippen LogP contribution in [0, 0.1) is 23.7 Å². The molecule has 0 spiro atoms. The first-order chi connectivity index (χ1) is 20.9. The van der Waals surface area contributed by atoms with E-state index >= 15 is 0 Å². The Labute approximate surface area is 268 Å². The molecule has 0 radical (unpaired) electrons. The van der Waals surface area contributed by atoms with Crippen molar-refractivity contribution in [1.29, 1.82) is 0 Å². The van der Waals surface area contributed by atoms with Gasteiger partial charge in [-0.05, 0) is 69.1 Å². The van der Waals surface area contributed by atoms with E-state index in [4.69, 9.17) is 4.42 Å². The molecule has 1 saturated heterocycles. The summed E-state index contributed by atoms with van der Waals surface area (Å²) in [5, 5.41) is 9.46. The van der Waals surface area contributed by atoms with Gasteiger partial charge < -0.3 is 20.4 Å². The maximum atomic E-state index is 13.0. The third-order valence-corrected chi connectivity index (χ3v) is 13.6. The first-order valence-electron chi connectivity index (χ1n) is 15.7. The highest BCUT2D eigenvalue weighted by molar-refractivity contribution is 8.00. The first-order valence-corrected chi connectivity index (χ1v) is 19.2. The fourth-order valence-corrected chi connectivity index (χ4v) is 10.9. The topological polar surface area (TPSA) is 147 Å². The number of thiazole rings is 1. The fraction of sp³-hybridized carbons (Fsp3) is 0.733. The van der Waals surface area contributed by atoms with Crippen molar-refractivity contribution in [3.05, 3.63) is 24.0 Å². The highest BCUT2D eigenvalue weighted by Gasteiger charge is 2.51. The molecule has 4 bridgehead atoms. The van der Waals surface area contributed by atoms with E-state index in [0.29, 0.717) is 29.6 Å². The molecule has 0 atom stereocenters. The Morgan fingerprint density at radius 1 is 1.07 bits per heavy atom. The molecule has 1 aliphatic heterocycles. The highest BCUT2D eigenvalue weighted by atomic mass is 32.2. The highest BCUT2D eigenvalue weighted by Crippen LogP contribution is 2.55. The lowest BCUT2D eigenvalue weighted by molar-refractivity contribution is -0.120. The number of carbonyl (C=O) groups excluding carboxylic acids is 2. The molecule has 0 unspecified atom stereocenters. The summed E-state index contributed by atoms with van der Waals surface area (Å²) in [4.78, 5) is 34.3. The molecule has 2 aromatic rings. The van der Waals surface area contributed by atoms with Gasteiger partial charge in [0, 0.05) is 36.5 Å². The van der Waals surface area contributed by atoms with Crippen LogP contribution in [0.15, 0.2) is 21.0 Å². The van der Waals surface area contributed by atoms with Crippen molar-refractivity contribution in [2.75, 3.05) is 30.7 Å². The molecule has 4 saturated carbocycles. The van der Waals surface area contributed by atoms with E-state index in [2.05, 4.69) is 46.7 Å². The van der Waals surface area contributed by atoms with Crippen LogP contribution in [-0.4, -0.2) is 65.6 Å². The molecule has 242 valence electrons. The predicted molar refractivity (Wildman–Crippen MR) is 171 cm³/mol. The molecule has 3 amide bonds. The van der Waals surface area contributed by atoms with Crippen molar-refractivity contribution >= 4 is 50.2 Å². The summed E-state index contributed by atoms with van der Waals surface area (Å²) in [6.45, 7) is 6.87. The molecule has 7 rings (SSSR count). The lowest BCUT2D eigenvalue weighted by Gasteiger charge is -2.56. The van der Waals surface area contributed by atoms with E-state index in [1.165, 1.54) is 34.9 Å². The van der Waals surface area contributed by atoms with Gasteiger partial charge in [-0.1, -0.05) is 32.1 Å². The standard InChI is InChI=1S/C30H44N6O5S3/c1-29(2,3)23-16-32-24(41-23)18-42-25-17-33-28(43-25)34-26(37)22-4-7-36(8-5-22)44(39,40)9-6-31-27(38)35-30-13-19-10-20(14-30)12-21(11-19)15-30/h16-17,19-22H,4-15,18H2,1-3H3,(H2,31,35,38)(H,33,34,37). The van der Waals surface area contributed by atoms with Crippen LogP contribution in [0.4, 0.5) is 9.93 Å². The Morgan fingerprint density at radius 3 is 2.34 bits per heavy atom. The number of amides is 3. The van der Waals surface area contributed by atoms with Gasteiger partial charge in [-0.3, -0.25) is 4.79 Å². The molecule has 14 heteroatoms. The van der Waals surface area contributed by atoms with Crippen LogP contribution in [-0.2, 0) is 26.0 Å². The smallest absolute Gasteiger partial charge is 0.315 e. The third kappa shape index (κ3) is 7.45. The minimum Gasteiger partial charge on any atom is -0.444 e. The van der Waals surface area contributed by atoms with Gasteiger partial charge in [0.05, 0.1) is 28.1 Å². The average molecular weight is 665 g/mol. The molecule has 3 N–H and O–H groups in total. The zero-order valence-corrected chi connectivity index (χ0v) is 28.2. The summed E-state index contributed by atoms with van der Waals surface area (Å²) in [6.07, 6.45) is 11.4. The van der Waals surface area contributed by atoms with Gasteiger partial charge in [-0.25, -0.2) is 27.5 Å². The second kappa shape index (κ2) is 12.6. The number of carbonyl (C=O) groups is 2. The van der Waals surface area contributed by atoms with Gasteiger partial charge in [-0.15, -0.1) is 11.8 Å². The van der Waals surface area contributed by atoms with Crippen molar-refractivity contribution in [2.24, 2.45) is 23.7 Å². The van der Waals surface area contributed by atoms with Crippen molar-refractivity contribution in [2.45, 2.75) is 93.1 Å². The molecule has 5 fully saturated rings. The lowest BCUT2D eigenvalue weighted by Crippen LogP contribution is -2.61. The Bertz CT molecular complexity index is 1420. The van der Waals surface area contributed by atoms with Gasteiger partial charge in [0.15, 0.2) is 5.13 Å². The van der Waals surface area contributed by atoms with E-state index in [9.17, 15) is 18.0 Å². The number of hydrogen-bond donors (Lipinski definition) is 3. The second-order valence-corrected chi connectivity index (χ2v) is 18.6. The molecular formula is C30H44N6O5S3. The fourth-order valence-electron chi connectivity index (χ4n) is 7.82. The molecule has 4 aliphatic carbocycles. The number of oxazole rings is 1. The van der Waals surface area contributed by atoms with E-state index in [0.717, 1.165) is 47.0 Å². The maximum Gasteiger partial charge on any atom is 0.315 e. The number of thioether (sulfide) groups is 1. The molecule has 44 heavy (non-hydrogen) atoms. The number of piperidine rings is 1. The number of urea groups is 1. The van der Waals surface area contributed by atoms with Crippen LogP contribution in [0.2, 0.25) is 0 Å². The van der Waals surface area contributed by atoms with Crippen LogP contribution in [0.25, 0.3) is 0 Å². The minimum absolute atomic E-state index is 0.0685. The van der Waals surface area contributed by atoms with E-state index in [1.807, 2.05) is 0 Å². The first kappa shape index (κ1) is 31.8. The number of aromatic nitrogens is 2. The monoisotopic (exact) mass is 664 g/mol. The molecular weight excluding hydrogens is 621 g/mol. The molecule has 0 aromatic carbocycles. The van der Waals surface area contributed by atoms with Crippen LogP contribution >= 0.6 is 23.1 Å². The number of nitrogens with one attached hydrogen (secondary N) is 3. The van der Waals surface area contributed by atoms with E-state index in [-0.39, 0.29) is 54.2 Å². The van der Waals surface area contributed by atoms with Crippen LogP contribution in [0.3, 0.4) is 0 Å². The largest absolute Gasteiger partial charge is 0.444 e. The molecule has 5 aliphatic rings. The summed E-state index contributed by atoms with van der Waals surface area (Å²) >= 11 is 2.95. The Kier molecular flexibility index (Phi) is 9.08. The van der Waals surface area contributed by atoms with Gasteiger partial charge >= 0.3 is 6.03 Å². The van der Waals surface area contributed by atoms with Crippen LogP contribution in [0.1, 0.15) is 83.8 Å². The quantitative estimate of drug-likeness (QED) is 0.302. The second-order valence-electron chi connectivity index (χ2n) is 14.2.